The largest absolute Gasteiger partial charge is 0.494 e. The number of carbonyl (C=O) groups excluding carboxylic acids is 1. The van der Waals surface area contributed by atoms with Crippen LogP contribution in [0.15, 0.2) is 55.4 Å². The van der Waals surface area contributed by atoms with E-state index < -0.39 is 17.7 Å². The molecule has 0 bridgehead atoms. The number of piperazine rings is 1. The van der Waals surface area contributed by atoms with Gasteiger partial charge in [0.1, 0.15) is 29.5 Å². The zero-order valence-electron chi connectivity index (χ0n) is 23.4. The summed E-state index contributed by atoms with van der Waals surface area (Å²) in [5.41, 5.74) is 2.23. The second-order valence-electron chi connectivity index (χ2n) is 10.5. The van der Waals surface area contributed by atoms with Crippen LogP contribution in [0.2, 0.25) is 0 Å². The smallest absolute Gasteiger partial charge is 0.247 e. The normalized spacial score (nSPS) is 19.1. The summed E-state index contributed by atoms with van der Waals surface area (Å²) >= 11 is 0. The summed E-state index contributed by atoms with van der Waals surface area (Å²) < 4.78 is 34.3. The molecule has 0 unspecified atom stereocenters. The fourth-order valence-electron chi connectivity index (χ4n) is 5.57. The van der Waals surface area contributed by atoms with Crippen molar-refractivity contribution in [3.8, 4) is 5.75 Å². The van der Waals surface area contributed by atoms with Gasteiger partial charge >= 0.3 is 0 Å². The number of halogens is 2. The number of amides is 1. The number of nitrogens with zero attached hydrogens (tertiary/aromatic N) is 5. The van der Waals surface area contributed by atoms with Crippen molar-refractivity contribution in [3.05, 3.63) is 72.6 Å². The molecule has 220 valence electrons. The molecule has 0 radical (unpaired) electrons. The molecule has 1 atom stereocenters. The number of ether oxygens (including phenoxy) is 1. The molecule has 12 heteroatoms. The maximum absolute atomic E-state index is 14.6. The van der Waals surface area contributed by atoms with Crippen molar-refractivity contribution < 1.29 is 23.1 Å². The summed E-state index contributed by atoms with van der Waals surface area (Å²) in [6.45, 7) is 7.51. The highest BCUT2D eigenvalue weighted by molar-refractivity contribution is 6.02. The molecule has 1 saturated carbocycles. The van der Waals surface area contributed by atoms with Crippen LogP contribution in [-0.2, 0) is 9.63 Å². The fourth-order valence-corrected chi connectivity index (χ4v) is 5.57. The molecule has 0 spiro atoms. The van der Waals surface area contributed by atoms with Gasteiger partial charge in [0.25, 0.3) is 0 Å². The Hall–Kier alpha value is -4.29. The summed E-state index contributed by atoms with van der Waals surface area (Å²) in [5.74, 6) is -0.0131. The summed E-state index contributed by atoms with van der Waals surface area (Å²) in [4.78, 5) is 31.6. The maximum atomic E-state index is 14.6. The van der Waals surface area contributed by atoms with E-state index in [-0.39, 0.29) is 11.5 Å². The van der Waals surface area contributed by atoms with Crippen molar-refractivity contribution in [2.45, 2.75) is 31.3 Å². The minimum atomic E-state index is -0.557. The van der Waals surface area contributed by atoms with Crippen molar-refractivity contribution >= 4 is 34.6 Å². The Labute approximate surface area is 242 Å². The third kappa shape index (κ3) is 5.86. The first-order chi connectivity index (χ1) is 20.4. The summed E-state index contributed by atoms with van der Waals surface area (Å²) in [6.07, 6.45) is 5.59. The SMILES string of the molecule is C=CC(=O)Nc1cc(Nc2cc(N3OCC[C@@H]3c3cc(F)ccc3F)ncn2)c(OC)cc1N1CCN(C2CC2)CC1. The second kappa shape index (κ2) is 11.9. The fraction of sp³-hybridized carbons (Fsp3) is 0.367. The number of hydrogen-bond donors (Lipinski definition) is 2. The van der Waals surface area contributed by atoms with Gasteiger partial charge in [-0.1, -0.05) is 6.58 Å². The van der Waals surface area contributed by atoms with Crippen molar-refractivity contribution in [3.63, 3.8) is 0 Å². The van der Waals surface area contributed by atoms with E-state index in [1.807, 2.05) is 12.1 Å². The van der Waals surface area contributed by atoms with Crippen LogP contribution in [0.25, 0.3) is 0 Å². The predicted molar refractivity (Wildman–Crippen MR) is 156 cm³/mol. The van der Waals surface area contributed by atoms with Crippen LogP contribution in [0.3, 0.4) is 0 Å². The molecule has 1 aliphatic carbocycles. The monoisotopic (exact) mass is 577 g/mol. The van der Waals surface area contributed by atoms with Gasteiger partial charge in [-0.3, -0.25) is 14.5 Å². The first-order valence-electron chi connectivity index (χ1n) is 14.0. The number of methoxy groups -OCH3 is 1. The van der Waals surface area contributed by atoms with E-state index in [0.717, 1.165) is 44.0 Å². The molecule has 2 N–H and O–H groups in total. The lowest BCUT2D eigenvalue weighted by Gasteiger charge is -2.37. The molecule has 10 nitrogen and oxygen atoms in total. The van der Waals surface area contributed by atoms with E-state index >= 15 is 0 Å². The van der Waals surface area contributed by atoms with Crippen LogP contribution in [-0.4, -0.2) is 66.7 Å². The van der Waals surface area contributed by atoms with Crippen molar-refractivity contribution in [2.24, 2.45) is 0 Å². The Morgan fingerprint density at radius 3 is 2.62 bits per heavy atom. The topological polar surface area (TPSA) is 95.1 Å². The van der Waals surface area contributed by atoms with E-state index in [0.29, 0.717) is 47.8 Å². The van der Waals surface area contributed by atoms with Gasteiger partial charge in [0.05, 0.1) is 36.8 Å². The van der Waals surface area contributed by atoms with Gasteiger partial charge in [0.2, 0.25) is 5.91 Å². The molecule has 42 heavy (non-hydrogen) atoms. The number of rotatable bonds is 9. The highest BCUT2D eigenvalue weighted by Gasteiger charge is 2.33. The Balaban J connectivity index is 1.27. The second-order valence-corrected chi connectivity index (χ2v) is 10.5. The number of nitrogens with one attached hydrogen (secondary N) is 2. The average Bonchev–Trinajstić information content (AvgIpc) is 3.75. The predicted octanol–water partition coefficient (Wildman–Crippen LogP) is 4.80. The van der Waals surface area contributed by atoms with Gasteiger partial charge < -0.3 is 20.3 Å². The van der Waals surface area contributed by atoms with Crippen LogP contribution in [0, 0.1) is 11.6 Å². The molecule has 2 aromatic carbocycles. The van der Waals surface area contributed by atoms with Gasteiger partial charge in [-0.2, -0.15) is 0 Å². The lowest BCUT2D eigenvalue weighted by Crippen LogP contribution is -2.47. The van der Waals surface area contributed by atoms with E-state index in [1.54, 1.807) is 13.2 Å². The zero-order valence-corrected chi connectivity index (χ0v) is 23.4. The molecule has 2 aliphatic heterocycles. The Bertz CT molecular complexity index is 1480. The van der Waals surface area contributed by atoms with E-state index in [4.69, 9.17) is 9.57 Å². The molecule has 1 amide bonds. The lowest BCUT2D eigenvalue weighted by atomic mass is 10.0. The highest BCUT2D eigenvalue weighted by Crippen LogP contribution is 2.40. The highest BCUT2D eigenvalue weighted by atomic mass is 19.1. The van der Waals surface area contributed by atoms with Crippen LogP contribution < -0.4 is 25.3 Å². The Kier molecular flexibility index (Phi) is 7.90. The first-order valence-corrected chi connectivity index (χ1v) is 14.0. The first kappa shape index (κ1) is 27.9. The summed E-state index contributed by atoms with van der Waals surface area (Å²) in [7, 11) is 1.58. The van der Waals surface area contributed by atoms with E-state index in [1.165, 1.54) is 36.4 Å². The molecule has 3 aromatic rings. The molecule has 6 rings (SSSR count). The molecule has 3 aliphatic rings. The van der Waals surface area contributed by atoms with Crippen LogP contribution >= 0.6 is 0 Å². The number of aromatic nitrogens is 2. The van der Waals surface area contributed by atoms with E-state index in [9.17, 15) is 13.6 Å². The van der Waals surface area contributed by atoms with Gasteiger partial charge in [0.15, 0.2) is 5.82 Å². The zero-order chi connectivity index (χ0) is 29.2. The van der Waals surface area contributed by atoms with Gasteiger partial charge in [-0.15, -0.1) is 0 Å². The molecular formula is C30H33F2N7O3. The lowest BCUT2D eigenvalue weighted by molar-refractivity contribution is -0.111. The molecule has 3 fully saturated rings. The van der Waals surface area contributed by atoms with Gasteiger partial charge in [0, 0.05) is 56.3 Å². The number of hydrogen-bond acceptors (Lipinski definition) is 9. The van der Waals surface area contributed by atoms with Crippen molar-refractivity contribution in [2.75, 3.05) is 60.5 Å². The van der Waals surface area contributed by atoms with Crippen molar-refractivity contribution in [1.29, 1.82) is 0 Å². The molecular weight excluding hydrogens is 544 g/mol. The minimum Gasteiger partial charge on any atom is -0.494 e. The Morgan fingerprint density at radius 2 is 1.88 bits per heavy atom. The van der Waals surface area contributed by atoms with Crippen LogP contribution in [0.4, 0.5) is 37.5 Å². The number of benzene rings is 2. The number of anilines is 5. The third-order valence-corrected chi connectivity index (χ3v) is 7.84. The molecule has 3 heterocycles. The third-order valence-electron chi connectivity index (χ3n) is 7.84. The average molecular weight is 578 g/mol. The van der Waals surface area contributed by atoms with Crippen LogP contribution in [0.5, 0.6) is 5.75 Å². The minimum absolute atomic E-state index is 0.193. The summed E-state index contributed by atoms with van der Waals surface area (Å²) in [5, 5.41) is 7.67. The Morgan fingerprint density at radius 1 is 1.07 bits per heavy atom. The van der Waals surface area contributed by atoms with Crippen molar-refractivity contribution in [1.82, 2.24) is 14.9 Å². The summed E-state index contributed by atoms with van der Waals surface area (Å²) in [6, 6.07) is 8.90. The number of hydroxylamine groups is 1. The van der Waals surface area contributed by atoms with E-state index in [2.05, 4.69) is 37.0 Å². The maximum Gasteiger partial charge on any atom is 0.247 e. The molecule has 2 saturated heterocycles. The van der Waals surface area contributed by atoms with Gasteiger partial charge in [-0.25, -0.2) is 23.8 Å². The van der Waals surface area contributed by atoms with Crippen LogP contribution in [0.1, 0.15) is 30.9 Å². The van der Waals surface area contributed by atoms with Gasteiger partial charge in [-0.05, 0) is 43.2 Å². The number of carbonyl (C=O) groups is 1. The standard InChI is InChI=1S/C30H33F2N7O3/c1-3-30(40)36-23-15-24(27(41-2)16-26(23)38-11-9-37(10-12-38)20-5-6-20)35-28-17-29(34-18-33-28)39-25(8-13-42-39)21-14-19(31)4-7-22(21)32/h3-4,7,14-18,20,25H,1,5-6,8-13H2,2H3,(H,36,40)(H,33,34,35)/t25-/m1/s1. The molecule has 1 aromatic heterocycles. The quantitative estimate of drug-likeness (QED) is 0.348.